The lowest BCUT2D eigenvalue weighted by atomic mass is 10.2. The first-order valence-electron chi connectivity index (χ1n) is 5.57. The van der Waals surface area contributed by atoms with Crippen molar-refractivity contribution in [1.29, 1.82) is 5.26 Å². The second kappa shape index (κ2) is 6.00. The summed E-state index contributed by atoms with van der Waals surface area (Å²) in [6, 6.07) is 14.2. The third kappa shape index (κ3) is 3.85. The van der Waals surface area contributed by atoms with Gasteiger partial charge >= 0.3 is 0 Å². The third-order valence-electron chi connectivity index (χ3n) is 2.49. The van der Waals surface area contributed by atoms with Crippen LogP contribution in [0.4, 0.5) is 0 Å². The van der Waals surface area contributed by atoms with Crippen molar-refractivity contribution in [3.8, 4) is 6.07 Å². The average Bonchev–Trinajstić information content (AvgIpc) is 2.37. The second-order valence-corrected chi connectivity index (χ2v) is 8.21. The number of rotatable bonds is 3. The zero-order valence-electron chi connectivity index (χ0n) is 10.5. The first-order valence-corrected chi connectivity index (χ1v) is 9.07. The zero-order valence-corrected chi connectivity index (χ0v) is 13.7. The maximum absolute atomic E-state index is 11.4. The molecule has 2 rings (SSSR count). The molecule has 0 amide bonds. The van der Waals surface area contributed by atoms with Gasteiger partial charge in [-0.25, -0.2) is 8.42 Å². The minimum absolute atomic E-state index is 0.300. The van der Waals surface area contributed by atoms with Crippen molar-refractivity contribution >= 4 is 37.5 Å². The van der Waals surface area contributed by atoms with E-state index >= 15 is 0 Å². The van der Waals surface area contributed by atoms with Gasteiger partial charge in [0.25, 0.3) is 0 Å². The van der Waals surface area contributed by atoms with Crippen LogP contribution in [0.3, 0.4) is 0 Å². The highest BCUT2D eigenvalue weighted by molar-refractivity contribution is 9.10. The minimum Gasteiger partial charge on any atom is -0.224 e. The van der Waals surface area contributed by atoms with E-state index < -0.39 is 9.84 Å². The lowest BCUT2D eigenvalue weighted by Gasteiger charge is -2.04. The van der Waals surface area contributed by atoms with Crippen molar-refractivity contribution in [3.63, 3.8) is 0 Å². The van der Waals surface area contributed by atoms with Gasteiger partial charge in [-0.1, -0.05) is 27.7 Å². The van der Waals surface area contributed by atoms with Gasteiger partial charge < -0.3 is 0 Å². The van der Waals surface area contributed by atoms with Crippen molar-refractivity contribution in [3.05, 3.63) is 52.5 Å². The molecule has 0 N–H and O–H groups in total. The average molecular weight is 368 g/mol. The SMILES string of the molecule is CS(=O)(=O)c1ccc(Sc2cc(Br)cc(C#N)c2)cc1. The number of benzene rings is 2. The number of nitriles is 1. The third-order valence-corrected chi connectivity index (χ3v) is 5.05. The summed E-state index contributed by atoms with van der Waals surface area (Å²) in [6.45, 7) is 0. The fourth-order valence-corrected chi connectivity index (χ4v) is 3.77. The summed E-state index contributed by atoms with van der Waals surface area (Å²) in [7, 11) is -3.17. The molecular formula is C14H10BrNO2S2. The molecule has 0 aliphatic carbocycles. The molecule has 6 heteroatoms. The molecule has 0 unspecified atom stereocenters. The van der Waals surface area contributed by atoms with Gasteiger partial charge in [0.1, 0.15) is 0 Å². The summed E-state index contributed by atoms with van der Waals surface area (Å²) >= 11 is 4.84. The largest absolute Gasteiger partial charge is 0.224 e. The highest BCUT2D eigenvalue weighted by atomic mass is 79.9. The first kappa shape index (κ1) is 15.1. The maximum Gasteiger partial charge on any atom is 0.175 e. The molecule has 0 heterocycles. The Labute approximate surface area is 130 Å². The molecule has 0 atom stereocenters. The van der Waals surface area contributed by atoms with Crippen LogP contribution in [0.5, 0.6) is 0 Å². The smallest absolute Gasteiger partial charge is 0.175 e. The van der Waals surface area contributed by atoms with Gasteiger partial charge in [0.2, 0.25) is 0 Å². The Morgan fingerprint density at radius 2 is 1.75 bits per heavy atom. The first-order chi connectivity index (χ1) is 9.38. The van der Waals surface area contributed by atoms with Crippen molar-refractivity contribution < 1.29 is 8.42 Å². The molecule has 0 saturated carbocycles. The van der Waals surface area contributed by atoms with E-state index in [4.69, 9.17) is 5.26 Å². The number of sulfone groups is 1. The normalized spacial score (nSPS) is 11.1. The van der Waals surface area contributed by atoms with Gasteiger partial charge in [0.15, 0.2) is 9.84 Å². The fourth-order valence-electron chi connectivity index (χ4n) is 1.58. The predicted molar refractivity (Wildman–Crippen MR) is 82.5 cm³/mol. The van der Waals surface area contributed by atoms with Crippen LogP contribution in [0.1, 0.15) is 5.56 Å². The molecule has 0 bridgehead atoms. The van der Waals surface area contributed by atoms with Crippen LogP contribution in [0, 0.1) is 11.3 Å². The maximum atomic E-state index is 11.4. The van der Waals surface area contributed by atoms with Crippen LogP contribution in [0.15, 0.2) is 61.6 Å². The van der Waals surface area contributed by atoms with E-state index in [1.165, 1.54) is 18.0 Å². The van der Waals surface area contributed by atoms with Crippen LogP contribution < -0.4 is 0 Å². The Bertz CT molecular complexity index is 778. The molecule has 0 saturated heterocycles. The van der Waals surface area contributed by atoms with Crippen molar-refractivity contribution in [2.45, 2.75) is 14.7 Å². The molecule has 20 heavy (non-hydrogen) atoms. The monoisotopic (exact) mass is 367 g/mol. The van der Waals surface area contributed by atoms with Gasteiger partial charge in [0.05, 0.1) is 16.5 Å². The van der Waals surface area contributed by atoms with Gasteiger partial charge in [-0.05, 0) is 42.5 Å². The van der Waals surface area contributed by atoms with E-state index in [0.717, 1.165) is 14.3 Å². The Hall–Kier alpha value is -1.29. The lowest BCUT2D eigenvalue weighted by molar-refractivity contribution is 0.602. The van der Waals surface area contributed by atoms with E-state index in [0.29, 0.717) is 10.5 Å². The Morgan fingerprint density at radius 1 is 1.10 bits per heavy atom. The summed E-state index contributed by atoms with van der Waals surface area (Å²) in [6.07, 6.45) is 1.18. The standard InChI is InChI=1S/C14H10BrNO2S2/c1-20(17,18)14-4-2-12(3-5-14)19-13-7-10(9-16)6-11(15)8-13/h2-8H,1H3. The summed E-state index contributed by atoms with van der Waals surface area (Å²) < 4.78 is 23.6. The van der Waals surface area contributed by atoms with Crippen molar-refractivity contribution in [2.75, 3.05) is 6.26 Å². The van der Waals surface area contributed by atoms with Crippen LogP contribution in [-0.4, -0.2) is 14.7 Å². The van der Waals surface area contributed by atoms with Gasteiger partial charge in [-0.15, -0.1) is 0 Å². The number of hydrogen-bond acceptors (Lipinski definition) is 4. The van der Waals surface area contributed by atoms with Crippen molar-refractivity contribution in [1.82, 2.24) is 0 Å². The quantitative estimate of drug-likeness (QED) is 0.825. The molecule has 0 aliphatic rings. The molecule has 0 aliphatic heterocycles. The van der Waals surface area contributed by atoms with Gasteiger partial charge in [-0.3, -0.25) is 0 Å². The van der Waals surface area contributed by atoms with Crippen LogP contribution in [0.25, 0.3) is 0 Å². The zero-order chi connectivity index (χ0) is 14.8. The predicted octanol–water partition coefficient (Wildman–Crippen LogP) is 3.88. The lowest BCUT2D eigenvalue weighted by Crippen LogP contribution is -1.95. The highest BCUT2D eigenvalue weighted by Gasteiger charge is 2.07. The summed E-state index contributed by atoms with van der Waals surface area (Å²) in [5.74, 6) is 0. The molecule has 0 radical (unpaired) electrons. The van der Waals surface area contributed by atoms with E-state index in [2.05, 4.69) is 22.0 Å². The minimum atomic E-state index is -3.17. The van der Waals surface area contributed by atoms with Crippen LogP contribution in [-0.2, 0) is 9.84 Å². The summed E-state index contributed by atoms with van der Waals surface area (Å²) in [4.78, 5) is 2.14. The molecule has 102 valence electrons. The Balaban J connectivity index is 2.27. The number of halogens is 1. The van der Waals surface area contributed by atoms with Crippen LogP contribution >= 0.6 is 27.7 Å². The molecule has 0 spiro atoms. The van der Waals surface area contributed by atoms with E-state index in [1.807, 2.05) is 6.07 Å². The van der Waals surface area contributed by atoms with Crippen LogP contribution in [0.2, 0.25) is 0 Å². The highest BCUT2D eigenvalue weighted by Crippen LogP contribution is 2.31. The molecule has 2 aromatic rings. The molecule has 0 aromatic heterocycles. The number of nitrogens with zero attached hydrogens (tertiary/aromatic N) is 1. The van der Waals surface area contributed by atoms with Gasteiger partial charge in [0, 0.05) is 20.5 Å². The molecule has 0 fully saturated rings. The van der Waals surface area contributed by atoms with E-state index in [-0.39, 0.29) is 0 Å². The van der Waals surface area contributed by atoms with Crippen molar-refractivity contribution in [2.24, 2.45) is 0 Å². The van der Waals surface area contributed by atoms with E-state index in [9.17, 15) is 8.42 Å². The van der Waals surface area contributed by atoms with E-state index in [1.54, 1.807) is 36.4 Å². The fraction of sp³-hybridized carbons (Fsp3) is 0.0714. The molecular weight excluding hydrogens is 358 g/mol. The summed E-state index contributed by atoms with van der Waals surface area (Å²) in [5.41, 5.74) is 0.578. The number of hydrogen-bond donors (Lipinski definition) is 0. The second-order valence-electron chi connectivity index (χ2n) is 4.13. The molecule has 2 aromatic carbocycles. The Morgan fingerprint density at radius 3 is 2.30 bits per heavy atom. The molecule has 3 nitrogen and oxygen atoms in total. The van der Waals surface area contributed by atoms with Gasteiger partial charge in [-0.2, -0.15) is 5.26 Å². The summed E-state index contributed by atoms with van der Waals surface area (Å²) in [5, 5.41) is 8.93. The Kier molecular flexibility index (Phi) is 4.53. The topological polar surface area (TPSA) is 57.9 Å².